The summed E-state index contributed by atoms with van der Waals surface area (Å²) in [6, 6.07) is 12.7. The topological polar surface area (TPSA) is 47.6 Å². The van der Waals surface area contributed by atoms with Crippen molar-refractivity contribution in [3.05, 3.63) is 52.5 Å². The molecule has 0 aliphatic rings. The summed E-state index contributed by atoms with van der Waals surface area (Å²) in [4.78, 5) is 11.8. The number of carbonyl (C=O) groups is 1. The molecule has 1 amide bonds. The number of amides is 1. The Morgan fingerprint density at radius 3 is 2.43 bits per heavy atom. The van der Waals surface area contributed by atoms with Gasteiger partial charge in [-0.25, -0.2) is 0 Å². The van der Waals surface area contributed by atoms with Gasteiger partial charge in [0, 0.05) is 10.2 Å². The molecule has 5 heteroatoms. The summed E-state index contributed by atoms with van der Waals surface area (Å²) in [5, 5.41) is 2.79. The fourth-order valence-electron chi connectivity index (χ4n) is 1.74. The molecule has 0 aromatic heterocycles. The maximum absolute atomic E-state index is 11.8. The van der Waals surface area contributed by atoms with Crippen molar-refractivity contribution in [3.8, 4) is 11.5 Å². The molecule has 0 atom stereocenters. The molecule has 2 aromatic rings. The van der Waals surface area contributed by atoms with Crippen LogP contribution in [0.3, 0.4) is 0 Å². The lowest BCUT2D eigenvalue weighted by Gasteiger charge is -2.09. The predicted molar refractivity (Wildman–Crippen MR) is 86.0 cm³/mol. The lowest BCUT2D eigenvalue weighted by molar-refractivity contribution is -0.118. The Kier molecular flexibility index (Phi) is 5.22. The molecule has 0 unspecified atom stereocenters. The fourth-order valence-corrected chi connectivity index (χ4v) is 1.99. The third-order valence-electron chi connectivity index (χ3n) is 2.87. The van der Waals surface area contributed by atoms with Gasteiger partial charge in [0.05, 0.1) is 7.11 Å². The quantitative estimate of drug-likeness (QED) is 0.893. The van der Waals surface area contributed by atoms with Crippen LogP contribution in [0.15, 0.2) is 46.9 Å². The van der Waals surface area contributed by atoms with E-state index in [4.69, 9.17) is 9.47 Å². The highest BCUT2D eigenvalue weighted by Crippen LogP contribution is 2.20. The van der Waals surface area contributed by atoms with Crippen LogP contribution in [0.4, 0.5) is 5.69 Å². The van der Waals surface area contributed by atoms with Gasteiger partial charge in [-0.3, -0.25) is 4.79 Å². The summed E-state index contributed by atoms with van der Waals surface area (Å²) in [5.74, 6) is 1.17. The van der Waals surface area contributed by atoms with Crippen molar-refractivity contribution in [2.75, 3.05) is 19.0 Å². The van der Waals surface area contributed by atoms with Crippen LogP contribution < -0.4 is 14.8 Å². The van der Waals surface area contributed by atoms with Crippen LogP contribution >= 0.6 is 15.9 Å². The summed E-state index contributed by atoms with van der Waals surface area (Å²) in [7, 11) is 1.60. The predicted octanol–water partition coefficient (Wildman–Crippen LogP) is 3.78. The van der Waals surface area contributed by atoms with E-state index in [1.54, 1.807) is 31.4 Å². The van der Waals surface area contributed by atoms with E-state index in [0.717, 1.165) is 21.5 Å². The zero-order valence-corrected chi connectivity index (χ0v) is 13.4. The number of hydrogen-bond acceptors (Lipinski definition) is 3. The third kappa shape index (κ3) is 4.49. The normalized spacial score (nSPS) is 10.0. The SMILES string of the molecule is COc1ccc(OCC(=O)Nc2ccc(Br)c(C)c2)cc1. The Bertz CT molecular complexity index is 626. The number of benzene rings is 2. The van der Waals surface area contributed by atoms with Gasteiger partial charge in [-0.1, -0.05) is 15.9 Å². The Hall–Kier alpha value is -2.01. The molecule has 2 aromatic carbocycles. The van der Waals surface area contributed by atoms with Crippen molar-refractivity contribution in [1.29, 1.82) is 0 Å². The summed E-state index contributed by atoms with van der Waals surface area (Å²) in [6.07, 6.45) is 0. The van der Waals surface area contributed by atoms with Crippen LogP contribution in [0.1, 0.15) is 5.56 Å². The molecule has 110 valence electrons. The van der Waals surface area contributed by atoms with E-state index in [9.17, 15) is 4.79 Å². The van der Waals surface area contributed by atoms with Crippen LogP contribution in [0.25, 0.3) is 0 Å². The van der Waals surface area contributed by atoms with Crippen molar-refractivity contribution in [2.24, 2.45) is 0 Å². The molecule has 0 spiro atoms. The molecule has 0 saturated heterocycles. The van der Waals surface area contributed by atoms with Gasteiger partial charge in [-0.05, 0) is 55.0 Å². The highest BCUT2D eigenvalue weighted by Gasteiger charge is 2.05. The number of anilines is 1. The van der Waals surface area contributed by atoms with Crippen LogP contribution in [0.5, 0.6) is 11.5 Å². The summed E-state index contributed by atoms with van der Waals surface area (Å²) in [5.41, 5.74) is 1.81. The molecule has 0 fully saturated rings. The first-order chi connectivity index (χ1) is 10.1. The fraction of sp³-hybridized carbons (Fsp3) is 0.188. The molecule has 0 saturated carbocycles. The minimum Gasteiger partial charge on any atom is -0.497 e. The van der Waals surface area contributed by atoms with Crippen LogP contribution in [-0.2, 0) is 4.79 Å². The third-order valence-corrected chi connectivity index (χ3v) is 3.76. The van der Waals surface area contributed by atoms with E-state index in [-0.39, 0.29) is 12.5 Å². The number of ether oxygens (including phenoxy) is 2. The van der Waals surface area contributed by atoms with E-state index in [1.165, 1.54) is 0 Å². The lowest BCUT2D eigenvalue weighted by atomic mass is 10.2. The molecule has 0 aliphatic heterocycles. The Morgan fingerprint density at radius 2 is 1.81 bits per heavy atom. The van der Waals surface area contributed by atoms with Gasteiger partial charge in [0.15, 0.2) is 6.61 Å². The molecule has 4 nitrogen and oxygen atoms in total. The first-order valence-corrected chi connectivity index (χ1v) is 7.20. The summed E-state index contributed by atoms with van der Waals surface area (Å²) < 4.78 is 11.5. The number of nitrogens with one attached hydrogen (secondary N) is 1. The first kappa shape index (κ1) is 15.4. The second-order valence-electron chi connectivity index (χ2n) is 4.48. The van der Waals surface area contributed by atoms with Crippen molar-refractivity contribution in [1.82, 2.24) is 0 Å². The Morgan fingerprint density at radius 1 is 1.14 bits per heavy atom. The van der Waals surface area contributed by atoms with Gasteiger partial charge < -0.3 is 14.8 Å². The number of carbonyl (C=O) groups excluding carboxylic acids is 1. The summed E-state index contributed by atoms with van der Waals surface area (Å²) >= 11 is 3.42. The van der Waals surface area contributed by atoms with Crippen molar-refractivity contribution in [2.45, 2.75) is 6.92 Å². The molecule has 0 heterocycles. The van der Waals surface area contributed by atoms with Crippen LogP contribution in [-0.4, -0.2) is 19.6 Å². The number of methoxy groups -OCH3 is 1. The number of aryl methyl sites for hydroxylation is 1. The van der Waals surface area contributed by atoms with E-state index < -0.39 is 0 Å². The minimum atomic E-state index is -0.201. The number of rotatable bonds is 5. The Balaban J connectivity index is 1.87. The molecule has 0 bridgehead atoms. The van der Waals surface area contributed by atoms with E-state index in [2.05, 4.69) is 21.2 Å². The van der Waals surface area contributed by atoms with E-state index >= 15 is 0 Å². The largest absolute Gasteiger partial charge is 0.497 e. The van der Waals surface area contributed by atoms with Gasteiger partial charge >= 0.3 is 0 Å². The monoisotopic (exact) mass is 349 g/mol. The molecule has 21 heavy (non-hydrogen) atoms. The lowest BCUT2D eigenvalue weighted by Crippen LogP contribution is -2.20. The molecular formula is C16H16BrNO3. The Labute approximate surface area is 132 Å². The molecular weight excluding hydrogens is 334 g/mol. The van der Waals surface area contributed by atoms with Crippen LogP contribution in [0, 0.1) is 6.92 Å². The number of halogens is 1. The first-order valence-electron chi connectivity index (χ1n) is 6.41. The molecule has 0 radical (unpaired) electrons. The van der Waals surface area contributed by atoms with Crippen molar-refractivity contribution < 1.29 is 14.3 Å². The van der Waals surface area contributed by atoms with Gasteiger partial charge in [-0.2, -0.15) is 0 Å². The highest BCUT2D eigenvalue weighted by molar-refractivity contribution is 9.10. The second kappa shape index (κ2) is 7.13. The minimum absolute atomic E-state index is 0.0402. The standard InChI is InChI=1S/C16H16BrNO3/c1-11-9-12(3-8-15(11)17)18-16(19)10-21-14-6-4-13(20-2)5-7-14/h3-9H,10H2,1-2H3,(H,18,19). The highest BCUT2D eigenvalue weighted by atomic mass is 79.9. The van der Waals surface area contributed by atoms with Gasteiger partial charge in [0.25, 0.3) is 5.91 Å². The van der Waals surface area contributed by atoms with E-state index in [1.807, 2.05) is 25.1 Å². The average Bonchev–Trinajstić information content (AvgIpc) is 2.49. The number of hydrogen-bond donors (Lipinski definition) is 1. The van der Waals surface area contributed by atoms with Gasteiger partial charge in [0.2, 0.25) is 0 Å². The molecule has 0 aliphatic carbocycles. The van der Waals surface area contributed by atoms with Gasteiger partial charge in [0.1, 0.15) is 11.5 Å². The molecule has 1 N–H and O–H groups in total. The zero-order valence-electron chi connectivity index (χ0n) is 11.9. The smallest absolute Gasteiger partial charge is 0.262 e. The molecule has 2 rings (SSSR count). The van der Waals surface area contributed by atoms with Crippen molar-refractivity contribution in [3.63, 3.8) is 0 Å². The maximum atomic E-state index is 11.8. The average molecular weight is 350 g/mol. The zero-order chi connectivity index (χ0) is 15.2. The van der Waals surface area contributed by atoms with E-state index in [0.29, 0.717) is 5.75 Å². The maximum Gasteiger partial charge on any atom is 0.262 e. The van der Waals surface area contributed by atoms with Gasteiger partial charge in [-0.15, -0.1) is 0 Å². The van der Waals surface area contributed by atoms with Crippen LogP contribution in [0.2, 0.25) is 0 Å². The summed E-state index contributed by atoms with van der Waals surface area (Å²) in [6.45, 7) is 1.93. The van der Waals surface area contributed by atoms with Crippen molar-refractivity contribution >= 4 is 27.5 Å². The second-order valence-corrected chi connectivity index (χ2v) is 5.33.